The van der Waals surface area contributed by atoms with Crippen molar-refractivity contribution in [1.82, 2.24) is 15.1 Å². The number of nitrogens with zero attached hydrogens (tertiary/aromatic N) is 2. The summed E-state index contributed by atoms with van der Waals surface area (Å²) in [4.78, 5) is 28.4. The van der Waals surface area contributed by atoms with Gasteiger partial charge in [0.05, 0.1) is 13.7 Å². The second-order valence-electron chi connectivity index (χ2n) is 6.59. The molecule has 3 rings (SSSR count). The number of carbonyl (C=O) groups is 2. The number of ether oxygens (including phenoxy) is 2. The smallest absolute Gasteiger partial charge is 0.245 e. The molecular weight excluding hydrogens is 322 g/mol. The number of amides is 2. The molecule has 1 aromatic rings. The second kappa shape index (κ2) is 7.41. The van der Waals surface area contributed by atoms with Gasteiger partial charge in [0.1, 0.15) is 17.8 Å². The van der Waals surface area contributed by atoms with Gasteiger partial charge in [-0.25, -0.2) is 0 Å². The molecule has 2 heterocycles. The molecule has 2 amide bonds. The Morgan fingerprint density at radius 2 is 2.04 bits per heavy atom. The molecular formula is C18H25N3O4. The Bertz CT molecular complexity index is 664. The van der Waals surface area contributed by atoms with Crippen molar-refractivity contribution in [2.45, 2.75) is 32.2 Å². The number of nitrogens with one attached hydrogen (secondary N) is 1. The number of hydrogen-bond donors (Lipinski definition) is 1. The van der Waals surface area contributed by atoms with Crippen LogP contribution in [0, 0.1) is 0 Å². The predicted octanol–water partition coefficient (Wildman–Crippen LogP) is 0.373. The summed E-state index contributed by atoms with van der Waals surface area (Å²) >= 11 is 0. The minimum absolute atomic E-state index is 0.0103. The molecule has 0 unspecified atom stereocenters. The van der Waals surface area contributed by atoms with Crippen LogP contribution in [0.4, 0.5) is 0 Å². The lowest BCUT2D eigenvalue weighted by Gasteiger charge is -2.44. The SMILES string of the molecule is COCc1cc(CN2CCN3C(=O)[C@@H](C)NC(=O)[C@H]3C2)ccc1OC. The number of fused-ring (bicyclic) bond motifs is 1. The first-order valence-corrected chi connectivity index (χ1v) is 8.51. The number of hydrogen-bond acceptors (Lipinski definition) is 5. The van der Waals surface area contributed by atoms with E-state index in [1.807, 2.05) is 12.1 Å². The molecule has 1 N–H and O–H groups in total. The lowest BCUT2D eigenvalue weighted by atomic mass is 10.0. The Labute approximate surface area is 147 Å². The van der Waals surface area contributed by atoms with E-state index in [2.05, 4.69) is 16.3 Å². The monoisotopic (exact) mass is 347 g/mol. The summed E-state index contributed by atoms with van der Waals surface area (Å²) in [7, 11) is 3.30. The number of rotatable bonds is 5. The lowest BCUT2D eigenvalue weighted by molar-refractivity contribution is -0.152. The molecule has 7 heteroatoms. The zero-order chi connectivity index (χ0) is 18.0. The quantitative estimate of drug-likeness (QED) is 0.833. The van der Waals surface area contributed by atoms with Crippen LogP contribution in [0.25, 0.3) is 0 Å². The lowest BCUT2D eigenvalue weighted by Crippen LogP contribution is -2.68. The van der Waals surface area contributed by atoms with E-state index in [0.717, 1.165) is 30.0 Å². The molecule has 0 saturated carbocycles. The van der Waals surface area contributed by atoms with Crippen molar-refractivity contribution in [1.29, 1.82) is 0 Å². The van der Waals surface area contributed by atoms with Crippen molar-refractivity contribution < 1.29 is 19.1 Å². The average molecular weight is 347 g/mol. The van der Waals surface area contributed by atoms with Gasteiger partial charge in [-0.05, 0) is 24.6 Å². The van der Waals surface area contributed by atoms with E-state index in [1.54, 1.807) is 26.0 Å². The van der Waals surface area contributed by atoms with E-state index in [4.69, 9.17) is 9.47 Å². The number of piperazine rings is 2. The van der Waals surface area contributed by atoms with Gasteiger partial charge in [0.15, 0.2) is 0 Å². The van der Waals surface area contributed by atoms with Crippen molar-refractivity contribution in [2.75, 3.05) is 33.9 Å². The fraction of sp³-hybridized carbons (Fsp3) is 0.556. The molecule has 2 aliphatic rings. The predicted molar refractivity (Wildman–Crippen MR) is 92.1 cm³/mol. The van der Waals surface area contributed by atoms with Crippen molar-refractivity contribution in [3.05, 3.63) is 29.3 Å². The van der Waals surface area contributed by atoms with Crippen LogP contribution in [0.15, 0.2) is 18.2 Å². The van der Waals surface area contributed by atoms with Crippen LogP contribution >= 0.6 is 0 Å². The molecule has 1 aromatic carbocycles. The van der Waals surface area contributed by atoms with E-state index in [-0.39, 0.29) is 11.8 Å². The van der Waals surface area contributed by atoms with Gasteiger partial charge in [0.2, 0.25) is 11.8 Å². The summed E-state index contributed by atoms with van der Waals surface area (Å²) in [5, 5.41) is 2.76. The summed E-state index contributed by atoms with van der Waals surface area (Å²) in [5.74, 6) is 0.754. The fourth-order valence-corrected chi connectivity index (χ4v) is 3.55. The molecule has 0 radical (unpaired) electrons. The molecule has 7 nitrogen and oxygen atoms in total. The summed E-state index contributed by atoms with van der Waals surface area (Å²) in [5.41, 5.74) is 2.14. The van der Waals surface area contributed by atoms with Gasteiger partial charge in [-0.1, -0.05) is 6.07 Å². The maximum absolute atomic E-state index is 12.2. The van der Waals surface area contributed by atoms with Crippen LogP contribution in [0.3, 0.4) is 0 Å². The molecule has 0 aromatic heterocycles. The molecule has 2 fully saturated rings. The van der Waals surface area contributed by atoms with E-state index in [0.29, 0.717) is 19.7 Å². The number of benzene rings is 1. The summed E-state index contributed by atoms with van der Waals surface area (Å²) in [6.45, 7) is 4.84. The molecule has 2 atom stereocenters. The largest absolute Gasteiger partial charge is 0.496 e. The first-order valence-electron chi connectivity index (χ1n) is 8.51. The molecule has 2 aliphatic heterocycles. The summed E-state index contributed by atoms with van der Waals surface area (Å²) < 4.78 is 10.6. The Balaban J connectivity index is 1.69. The van der Waals surface area contributed by atoms with Crippen molar-refractivity contribution in [2.24, 2.45) is 0 Å². The highest BCUT2D eigenvalue weighted by Gasteiger charge is 2.41. The van der Waals surface area contributed by atoms with Crippen LogP contribution in [0.5, 0.6) is 5.75 Å². The standard InChI is InChI=1S/C18H25N3O4/c1-12-18(23)21-7-6-20(10-15(21)17(22)19-12)9-13-4-5-16(25-3)14(8-13)11-24-2/h4-5,8,12,15H,6-7,9-11H2,1-3H3,(H,19,22)/t12-,15-/m1/s1. The molecule has 2 saturated heterocycles. The van der Waals surface area contributed by atoms with Crippen LogP contribution in [-0.2, 0) is 27.5 Å². The number of methoxy groups -OCH3 is 2. The minimum atomic E-state index is -0.423. The van der Waals surface area contributed by atoms with Crippen LogP contribution in [-0.4, -0.2) is 67.6 Å². The zero-order valence-corrected chi connectivity index (χ0v) is 14.9. The third kappa shape index (κ3) is 3.62. The molecule has 0 spiro atoms. The maximum Gasteiger partial charge on any atom is 0.245 e. The average Bonchev–Trinajstić information content (AvgIpc) is 2.60. The molecule has 136 valence electrons. The molecule has 0 aliphatic carbocycles. The zero-order valence-electron chi connectivity index (χ0n) is 14.9. The van der Waals surface area contributed by atoms with Crippen LogP contribution < -0.4 is 10.1 Å². The first kappa shape index (κ1) is 17.7. The third-order valence-corrected chi connectivity index (χ3v) is 4.83. The van der Waals surface area contributed by atoms with Crippen molar-refractivity contribution in [3.63, 3.8) is 0 Å². The molecule has 25 heavy (non-hydrogen) atoms. The van der Waals surface area contributed by atoms with Crippen LogP contribution in [0.2, 0.25) is 0 Å². The second-order valence-corrected chi connectivity index (χ2v) is 6.59. The van der Waals surface area contributed by atoms with Gasteiger partial charge < -0.3 is 19.7 Å². The van der Waals surface area contributed by atoms with Gasteiger partial charge >= 0.3 is 0 Å². The first-order chi connectivity index (χ1) is 12.0. The molecule has 0 bridgehead atoms. The maximum atomic E-state index is 12.2. The summed E-state index contributed by atoms with van der Waals surface area (Å²) in [6, 6.07) is 5.22. The summed E-state index contributed by atoms with van der Waals surface area (Å²) in [6.07, 6.45) is 0. The Kier molecular flexibility index (Phi) is 5.24. The highest BCUT2D eigenvalue weighted by molar-refractivity contribution is 5.97. The van der Waals surface area contributed by atoms with Gasteiger partial charge in [0, 0.05) is 38.9 Å². The van der Waals surface area contributed by atoms with Gasteiger partial charge in [-0.3, -0.25) is 14.5 Å². The highest BCUT2D eigenvalue weighted by Crippen LogP contribution is 2.23. The van der Waals surface area contributed by atoms with Crippen molar-refractivity contribution in [3.8, 4) is 5.75 Å². The highest BCUT2D eigenvalue weighted by atomic mass is 16.5. The van der Waals surface area contributed by atoms with E-state index in [9.17, 15) is 9.59 Å². The number of carbonyl (C=O) groups excluding carboxylic acids is 2. The van der Waals surface area contributed by atoms with Gasteiger partial charge in [0.25, 0.3) is 0 Å². The fourth-order valence-electron chi connectivity index (χ4n) is 3.55. The van der Waals surface area contributed by atoms with E-state index >= 15 is 0 Å². The minimum Gasteiger partial charge on any atom is -0.496 e. The normalized spacial score (nSPS) is 24.0. The van der Waals surface area contributed by atoms with Gasteiger partial charge in [-0.2, -0.15) is 0 Å². The van der Waals surface area contributed by atoms with Crippen molar-refractivity contribution >= 4 is 11.8 Å². The third-order valence-electron chi connectivity index (χ3n) is 4.83. The topological polar surface area (TPSA) is 71.1 Å². The Hall–Kier alpha value is -2.12. The Morgan fingerprint density at radius 1 is 1.24 bits per heavy atom. The Morgan fingerprint density at radius 3 is 2.76 bits per heavy atom. The van der Waals surface area contributed by atoms with Crippen LogP contribution in [0.1, 0.15) is 18.1 Å². The van der Waals surface area contributed by atoms with E-state index in [1.165, 1.54) is 0 Å². The van der Waals surface area contributed by atoms with Gasteiger partial charge in [-0.15, -0.1) is 0 Å². The van der Waals surface area contributed by atoms with E-state index < -0.39 is 12.1 Å².